The lowest BCUT2D eigenvalue weighted by molar-refractivity contribution is -0.216. The summed E-state index contributed by atoms with van der Waals surface area (Å²) in [4.78, 5) is 0. The van der Waals surface area contributed by atoms with E-state index in [4.69, 9.17) is 0 Å². The van der Waals surface area contributed by atoms with Crippen LogP contribution in [-0.2, 0) is 4.74 Å². The summed E-state index contributed by atoms with van der Waals surface area (Å²) in [7, 11) is 2.34. The molecule has 0 aliphatic carbocycles. The smallest absolute Gasteiger partial charge is 0.316 e. The van der Waals surface area contributed by atoms with Crippen molar-refractivity contribution < 1.29 is 17.9 Å². The molecule has 0 spiro atoms. The van der Waals surface area contributed by atoms with Crippen LogP contribution in [0.15, 0.2) is 0 Å². The summed E-state index contributed by atoms with van der Waals surface area (Å²) < 4.78 is 36.4. The summed E-state index contributed by atoms with van der Waals surface area (Å²) in [5, 5.41) is 0. The van der Waals surface area contributed by atoms with Gasteiger partial charge in [0, 0.05) is 0 Å². The molecule has 0 aromatic rings. The minimum absolute atomic E-state index is 1.82. The fraction of sp³-hybridized carbons (Fsp3) is 0.667. The monoisotopic (exact) mass is 113 g/mol. The van der Waals surface area contributed by atoms with Crippen molar-refractivity contribution in [3.63, 3.8) is 0 Å². The van der Waals surface area contributed by atoms with Crippen molar-refractivity contribution in [2.75, 3.05) is 6.67 Å². The third-order valence-corrected chi connectivity index (χ3v) is 0.367. The minimum Gasteiger partial charge on any atom is -0.316 e. The molecule has 0 fully saturated rings. The first-order valence-corrected chi connectivity index (χ1v) is 1.49. The zero-order chi connectivity index (χ0) is 5.91. The van der Waals surface area contributed by atoms with Crippen molar-refractivity contribution in [2.24, 2.45) is 0 Å². The van der Waals surface area contributed by atoms with E-state index < -0.39 is 12.8 Å². The lowest BCUT2D eigenvalue weighted by Gasteiger charge is -2.06. The van der Waals surface area contributed by atoms with Gasteiger partial charge in [-0.2, -0.15) is 8.78 Å². The van der Waals surface area contributed by atoms with Crippen LogP contribution in [0.2, 0.25) is 0 Å². The van der Waals surface area contributed by atoms with Gasteiger partial charge in [0.25, 0.3) is 0 Å². The second-order valence-electron chi connectivity index (χ2n) is 0.915. The molecule has 0 amide bonds. The van der Waals surface area contributed by atoms with E-state index in [9.17, 15) is 13.2 Å². The summed E-state index contributed by atoms with van der Waals surface area (Å²) in [6, 6.07) is 0. The Bertz CT molecular complexity index is 48.1. The van der Waals surface area contributed by atoms with Gasteiger partial charge in [-0.05, 0) is 0 Å². The molecule has 0 saturated heterocycles. The molecule has 0 aliphatic rings. The SMILES string of the molecule is [CH2]OC(F)(F)CF. The van der Waals surface area contributed by atoms with Gasteiger partial charge in [-0.1, -0.05) is 0 Å². The highest BCUT2D eigenvalue weighted by Gasteiger charge is 2.27. The lowest BCUT2D eigenvalue weighted by atomic mass is 10.7. The van der Waals surface area contributed by atoms with Crippen LogP contribution in [0.25, 0.3) is 0 Å². The molecule has 0 aliphatic heterocycles. The van der Waals surface area contributed by atoms with E-state index in [2.05, 4.69) is 11.8 Å². The molecule has 0 aromatic heterocycles. The molecule has 4 heteroatoms. The van der Waals surface area contributed by atoms with Gasteiger partial charge in [0.15, 0.2) is 6.67 Å². The molecular formula is C3H4F3O. The molecule has 0 bridgehead atoms. The van der Waals surface area contributed by atoms with Gasteiger partial charge in [-0.3, -0.25) is 0 Å². The molecule has 7 heavy (non-hydrogen) atoms. The van der Waals surface area contributed by atoms with Crippen LogP contribution in [-0.4, -0.2) is 12.8 Å². The number of rotatable bonds is 2. The van der Waals surface area contributed by atoms with E-state index >= 15 is 0 Å². The predicted molar refractivity (Wildman–Crippen MR) is 17.4 cm³/mol. The second-order valence-corrected chi connectivity index (χ2v) is 0.915. The molecule has 0 rings (SSSR count). The maximum absolute atomic E-state index is 11.2. The van der Waals surface area contributed by atoms with Crippen molar-refractivity contribution in [1.29, 1.82) is 0 Å². The van der Waals surface area contributed by atoms with E-state index in [-0.39, 0.29) is 0 Å². The Hall–Kier alpha value is -0.250. The van der Waals surface area contributed by atoms with Gasteiger partial charge in [0.1, 0.15) is 0 Å². The van der Waals surface area contributed by atoms with Crippen LogP contribution in [0.4, 0.5) is 13.2 Å². The average Bonchev–Trinajstić information content (AvgIpc) is 1.68. The molecule has 1 radical (unpaired) electrons. The minimum atomic E-state index is -3.69. The molecule has 0 unspecified atom stereocenters. The summed E-state index contributed by atoms with van der Waals surface area (Å²) in [5.41, 5.74) is 0. The van der Waals surface area contributed by atoms with Crippen LogP contribution in [0.1, 0.15) is 0 Å². The summed E-state index contributed by atoms with van der Waals surface area (Å²) >= 11 is 0. The standard InChI is InChI=1S/C3H4F3O/c1-7-3(5,6)2-4/h1-2H2. The van der Waals surface area contributed by atoms with Gasteiger partial charge in [-0.15, -0.1) is 0 Å². The summed E-state index contributed by atoms with van der Waals surface area (Å²) in [6.45, 7) is -1.82. The summed E-state index contributed by atoms with van der Waals surface area (Å²) in [6.07, 6.45) is -3.69. The van der Waals surface area contributed by atoms with Crippen LogP contribution < -0.4 is 0 Å². The second kappa shape index (κ2) is 2.16. The number of hydrogen-bond donors (Lipinski definition) is 0. The first kappa shape index (κ1) is 6.75. The molecule has 0 N–H and O–H groups in total. The fourth-order valence-electron chi connectivity index (χ4n) is 0.0386. The van der Waals surface area contributed by atoms with Crippen molar-refractivity contribution >= 4 is 0 Å². The van der Waals surface area contributed by atoms with E-state index in [1.165, 1.54) is 0 Å². The number of hydrogen-bond acceptors (Lipinski definition) is 1. The normalized spacial score (nSPS) is 12.0. The highest BCUT2D eigenvalue weighted by atomic mass is 19.3. The van der Waals surface area contributed by atoms with Crippen LogP contribution in [0.3, 0.4) is 0 Å². The molecule has 1 nitrogen and oxygen atoms in total. The Morgan fingerprint density at radius 1 is 1.57 bits per heavy atom. The molecule has 0 saturated carbocycles. The van der Waals surface area contributed by atoms with Gasteiger partial charge in [-0.25, -0.2) is 4.39 Å². The van der Waals surface area contributed by atoms with E-state index in [1.807, 2.05) is 0 Å². The maximum atomic E-state index is 11.2. The molecule has 0 heterocycles. The van der Waals surface area contributed by atoms with Crippen molar-refractivity contribution in [1.82, 2.24) is 0 Å². The number of ether oxygens (including phenoxy) is 1. The van der Waals surface area contributed by atoms with Crippen LogP contribution in [0, 0.1) is 7.11 Å². The third kappa shape index (κ3) is 2.45. The van der Waals surface area contributed by atoms with Crippen molar-refractivity contribution in [3.8, 4) is 0 Å². The quantitative estimate of drug-likeness (QED) is 0.525. The van der Waals surface area contributed by atoms with Gasteiger partial charge in [0.05, 0.1) is 7.11 Å². The van der Waals surface area contributed by atoms with Crippen molar-refractivity contribution in [2.45, 2.75) is 6.11 Å². The average molecular weight is 113 g/mol. The van der Waals surface area contributed by atoms with Crippen molar-refractivity contribution in [3.05, 3.63) is 7.11 Å². The van der Waals surface area contributed by atoms with E-state index in [1.54, 1.807) is 0 Å². The van der Waals surface area contributed by atoms with Gasteiger partial charge in [0.2, 0.25) is 0 Å². The zero-order valence-corrected chi connectivity index (χ0v) is 3.46. The Labute approximate surface area is 39.1 Å². The largest absolute Gasteiger partial charge is 0.384 e. The fourth-order valence-corrected chi connectivity index (χ4v) is 0.0386. The van der Waals surface area contributed by atoms with E-state index in [0.29, 0.717) is 0 Å². The first-order valence-electron chi connectivity index (χ1n) is 1.49. The Morgan fingerprint density at radius 3 is 2.00 bits per heavy atom. The van der Waals surface area contributed by atoms with Crippen LogP contribution >= 0.6 is 0 Å². The zero-order valence-electron chi connectivity index (χ0n) is 3.46. The topological polar surface area (TPSA) is 9.23 Å². The Kier molecular flexibility index (Phi) is 2.08. The van der Waals surface area contributed by atoms with E-state index in [0.717, 1.165) is 0 Å². The Balaban J connectivity index is 3.36. The Morgan fingerprint density at radius 2 is 2.00 bits per heavy atom. The molecule has 0 aromatic carbocycles. The molecular weight excluding hydrogens is 109 g/mol. The molecule has 0 atom stereocenters. The highest BCUT2D eigenvalue weighted by Crippen LogP contribution is 2.13. The number of alkyl halides is 3. The van der Waals surface area contributed by atoms with Crippen LogP contribution in [0.5, 0.6) is 0 Å². The van der Waals surface area contributed by atoms with Gasteiger partial charge >= 0.3 is 6.11 Å². The first-order chi connectivity index (χ1) is 3.12. The lowest BCUT2D eigenvalue weighted by Crippen LogP contribution is -2.19. The maximum Gasteiger partial charge on any atom is 0.384 e. The highest BCUT2D eigenvalue weighted by molar-refractivity contribution is 4.45. The number of halogens is 3. The summed E-state index contributed by atoms with van der Waals surface area (Å²) in [5.74, 6) is 0. The predicted octanol–water partition coefficient (Wildman–Crippen LogP) is 1.36. The molecule has 43 valence electrons. The third-order valence-electron chi connectivity index (χ3n) is 0.367. The van der Waals surface area contributed by atoms with Gasteiger partial charge < -0.3 is 4.74 Å².